The molecule has 1 aromatic carbocycles. The molecule has 12 heavy (non-hydrogen) atoms. The average Bonchev–Trinajstić information content (AvgIpc) is 2.04. The lowest BCUT2D eigenvalue weighted by Gasteiger charge is -2.10. The highest BCUT2D eigenvalue weighted by molar-refractivity contribution is 5.31. The molecule has 0 saturated heterocycles. The molecule has 0 radical (unpaired) electrons. The molecule has 0 aliphatic heterocycles. The summed E-state index contributed by atoms with van der Waals surface area (Å²) in [5.74, 6) is 0.490. The van der Waals surface area contributed by atoms with Crippen molar-refractivity contribution < 1.29 is 14.9 Å². The van der Waals surface area contributed by atoms with Crippen molar-refractivity contribution in [2.45, 2.75) is 6.29 Å². The predicted molar refractivity (Wildman–Crippen MR) is 43.8 cm³/mol. The lowest BCUT2D eigenvalue weighted by molar-refractivity contribution is -0.00867. The van der Waals surface area contributed by atoms with Crippen LogP contribution in [0.15, 0.2) is 24.3 Å². The molecular weight excluding hydrogens is 158 g/mol. The topological polar surface area (TPSA) is 75.7 Å². The van der Waals surface area contributed by atoms with Crippen LogP contribution in [0.4, 0.5) is 0 Å². The van der Waals surface area contributed by atoms with Crippen LogP contribution >= 0.6 is 0 Å². The van der Waals surface area contributed by atoms with Gasteiger partial charge in [0.05, 0.1) is 6.54 Å². The SMILES string of the molecule is NCC(O)Oc1cccc(O)c1. The normalized spacial score (nSPS) is 12.5. The minimum atomic E-state index is -1.02. The molecule has 4 nitrogen and oxygen atoms in total. The van der Waals surface area contributed by atoms with Crippen molar-refractivity contribution in [1.82, 2.24) is 0 Å². The Bertz CT molecular complexity index is 252. The monoisotopic (exact) mass is 169 g/mol. The Balaban J connectivity index is 2.63. The molecule has 4 N–H and O–H groups in total. The van der Waals surface area contributed by atoms with Gasteiger partial charge in [0.15, 0.2) is 0 Å². The van der Waals surface area contributed by atoms with E-state index in [0.29, 0.717) is 5.75 Å². The van der Waals surface area contributed by atoms with Crippen LogP contribution in [0.25, 0.3) is 0 Å². The molecule has 0 spiro atoms. The van der Waals surface area contributed by atoms with Gasteiger partial charge in [0.2, 0.25) is 6.29 Å². The van der Waals surface area contributed by atoms with E-state index < -0.39 is 6.29 Å². The minimum Gasteiger partial charge on any atom is -0.508 e. The largest absolute Gasteiger partial charge is 0.508 e. The van der Waals surface area contributed by atoms with Gasteiger partial charge >= 0.3 is 0 Å². The molecule has 0 amide bonds. The van der Waals surface area contributed by atoms with Gasteiger partial charge < -0.3 is 20.7 Å². The van der Waals surface area contributed by atoms with E-state index >= 15 is 0 Å². The summed E-state index contributed by atoms with van der Waals surface area (Å²) >= 11 is 0. The number of aliphatic hydroxyl groups excluding tert-OH is 1. The first kappa shape index (κ1) is 8.83. The molecule has 1 rings (SSSR count). The first-order chi connectivity index (χ1) is 5.72. The van der Waals surface area contributed by atoms with Crippen LogP contribution < -0.4 is 10.5 Å². The number of benzene rings is 1. The molecule has 0 saturated carbocycles. The summed E-state index contributed by atoms with van der Waals surface area (Å²) < 4.78 is 4.91. The minimum absolute atomic E-state index is 0.0235. The van der Waals surface area contributed by atoms with Gasteiger partial charge in [-0.15, -0.1) is 0 Å². The van der Waals surface area contributed by atoms with Crippen LogP contribution in [0.5, 0.6) is 11.5 Å². The molecule has 0 aliphatic rings. The maximum Gasteiger partial charge on any atom is 0.209 e. The number of rotatable bonds is 3. The van der Waals surface area contributed by atoms with Crippen molar-refractivity contribution in [2.75, 3.05) is 6.54 Å². The van der Waals surface area contributed by atoms with Gasteiger partial charge in [-0.3, -0.25) is 0 Å². The van der Waals surface area contributed by atoms with Gasteiger partial charge in [-0.1, -0.05) is 6.07 Å². The fraction of sp³-hybridized carbons (Fsp3) is 0.250. The molecule has 0 aromatic heterocycles. The van der Waals surface area contributed by atoms with Crippen molar-refractivity contribution in [3.8, 4) is 11.5 Å². The van der Waals surface area contributed by atoms with Crippen LogP contribution in [0.2, 0.25) is 0 Å². The van der Waals surface area contributed by atoms with Crippen molar-refractivity contribution >= 4 is 0 Å². The number of ether oxygens (including phenoxy) is 1. The quantitative estimate of drug-likeness (QED) is 0.559. The van der Waals surface area contributed by atoms with Crippen molar-refractivity contribution in [3.63, 3.8) is 0 Å². The lowest BCUT2D eigenvalue weighted by atomic mass is 10.3. The number of hydrogen-bond donors (Lipinski definition) is 3. The first-order valence-corrected chi connectivity index (χ1v) is 3.56. The van der Waals surface area contributed by atoms with Crippen LogP contribution in [0.3, 0.4) is 0 Å². The first-order valence-electron chi connectivity index (χ1n) is 3.56. The number of phenolic OH excluding ortho intramolecular Hbond substituents is 1. The van der Waals surface area contributed by atoms with Crippen molar-refractivity contribution in [2.24, 2.45) is 5.73 Å². The number of hydrogen-bond acceptors (Lipinski definition) is 4. The molecule has 4 heteroatoms. The van der Waals surface area contributed by atoms with E-state index in [4.69, 9.17) is 20.7 Å². The highest BCUT2D eigenvalue weighted by Gasteiger charge is 2.02. The number of aliphatic hydroxyl groups is 1. The van der Waals surface area contributed by atoms with Gasteiger partial charge in [0.25, 0.3) is 0 Å². The summed E-state index contributed by atoms with van der Waals surface area (Å²) in [7, 11) is 0. The Morgan fingerprint density at radius 2 is 2.25 bits per heavy atom. The second-order valence-corrected chi connectivity index (χ2v) is 2.31. The maximum absolute atomic E-state index is 9.01. The van der Waals surface area contributed by atoms with E-state index in [1.807, 2.05) is 0 Å². The van der Waals surface area contributed by atoms with Crippen LogP contribution in [-0.2, 0) is 0 Å². The van der Waals surface area contributed by atoms with E-state index in [1.165, 1.54) is 12.1 Å². The molecule has 0 aliphatic carbocycles. The third-order valence-electron chi connectivity index (χ3n) is 1.29. The zero-order valence-corrected chi connectivity index (χ0v) is 6.47. The number of phenols is 1. The molecule has 1 unspecified atom stereocenters. The van der Waals surface area contributed by atoms with E-state index in [1.54, 1.807) is 12.1 Å². The summed E-state index contributed by atoms with van der Waals surface area (Å²) in [6.45, 7) is 0.0235. The van der Waals surface area contributed by atoms with Crippen LogP contribution in [0.1, 0.15) is 0 Å². The molecular formula is C8H11NO3. The maximum atomic E-state index is 9.01. The van der Waals surface area contributed by atoms with E-state index in [2.05, 4.69) is 0 Å². The zero-order chi connectivity index (χ0) is 8.97. The predicted octanol–water partition coefficient (Wildman–Crippen LogP) is 0.0481. The summed E-state index contributed by atoms with van der Waals surface area (Å²) in [5, 5.41) is 18.0. The third kappa shape index (κ3) is 2.41. The van der Waals surface area contributed by atoms with Crippen LogP contribution in [-0.4, -0.2) is 23.0 Å². The van der Waals surface area contributed by atoms with Crippen LogP contribution in [0, 0.1) is 0 Å². The molecule has 0 fully saturated rings. The standard InChI is InChI=1S/C8H11NO3/c9-5-8(11)12-7-3-1-2-6(10)4-7/h1-4,8,10-11H,5,9H2. The molecule has 0 bridgehead atoms. The molecule has 66 valence electrons. The summed E-state index contributed by atoms with van der Waals surface area (Å²) in [6.07, 6.45) is -1.02. The lowest BCUT2D eigenvalue weighted by Crippen LogP contribution is -2.25. The van der Waals surface area contributed by atoms with Crippen molar-refractivity contribution in [3.05, 3.63) is 24.3 Å². The van der Waals surface area contributed by atoms with E-state index in [-0.39, 0.29) is 12.3 Å². The smallest absolute Gasteiger partial charge is 0.209 e. The second kappa shape index (κ2) is 3.94. The molecule has 1 aromatic rings. The summed E-state index contributed by atoms with van der Waals surface area (Å²) in [4.78, 5) is 0. The zero-order valence-electron chi connectivity index (χ0n) is 6.47. The summed E-state index contributed by atoms with van der Waals surface area (Å²) in [5.41, 5.74) is 5.12. The average molecular weight is 169 g/mol. The van der Waals surface area contributed by atoms with Crippen molar-refractivity contribution in [1.29, 1.82) is 0 Å². The summed E-state index contributed by atoms with van der Waals surface area (Å²) in [6, 6.07) is 6.16. The van der Waals surface area contributed by atoms with Gasteiger partial charge in [0.1, 0.15) is 11.5 Å². The van der Waals surface area contributed by atoms with Gasteiger partial charge in [0, 0.05) is 6.07 Å². The Hall–Kier alpha value is -1.26. The Kier molecular flexibility index (Phi) is 2.90. The Morgan fingerprint density at radius 1 is 1.50 bits per heavy atom. The second-order valence-electron chi connectivity index (χ2n) is 2.31. The fourth-order valence-electron chi connectivity index (χ4n) is 0.762. The van der Waals surface area contributed by atoms with E-state index in [9.17, 15) is 0 Å². The van der Waals surface area contributed by atoms with Gasteiger partial charge in [-0.2, -0.15) is 0 Å². The van der Waals surface area contributed by atoms with Gasteiger partial charge in [-0.05, 0) is 12.1 Å². The highest BCUT2D eigenvalue weighted by Crippen LogP contribution is 2.18. The fourth-order valence-corrected chi connectivity index (χ4v) is 0.762. The highest BCUT2D eigenvalue weighted by atomic mass is 16.6. The Morgan fingerprint density at radius 3 is 2.83 bits per heavy atom. The van der Waals surface area contributed by atoms with E-state index in [0.717, 1.165) is 0 Å². The Labute approximate surface area is 70.2 Å². The number of nitrogens with two attached hydrogens (primary N) is 1. The molecule has 0 heterocycles. The van der Waals surface area contributed by atoms with Gasteiger partial charge in [-0.25, -0.2) is 0 Å². The number of aromatic hydroxyl groups is 1. The molecule has 1 atom stereocenters. The third-order valence-corrected chi connectivity index (χ3v) is 1.29.